The summed E-state index contributed by atoms with van der Waals surface area (Å²) < 4.78 is 0. The van der Waals surface area contributed by atoms with E-state index in [4.69, 9.17) is 4.99 Å². The zero-order chi connectivity index (χ0) is 18.5. The SMILES string of the molecule is Oc1cccc(NC(=NCc2cccc3ccccc23)NC2CCCC2)c1. The third-order valence-electron chi connectivity index (χ3n) is 5.09. The molecule has 0 heterocycles. The third kappa shape index (κ3) is 4.40. The number of phenols is 1. The first-order chi connectivity index (χ1) is 13.3. The van der Waals surface area contributed by atoms with E-state index >= 15 is 0 Å². The minimum atomic E-state index is 0.245. The molecule has 0 amide bonds. The number of anilines is 1. The van der Waals surface area contributed by atoms with Crippen LogP contribution in [0, 0.1) is 0 Å². The predicted octanol–water partition coefficient (Wildman–Crippen LogP) is 5.05. The fourth-order valence-electron chi connectivity index (χ4n) is 3.70. The van der Waals surface area contributed by atoms with Crippen molar-refractivity contribution in [2.24, 2.45) is 4.99 Å². The Morgan fingerprint density at radius 1 is 0.963 bits per heavy atom. The van der Waals surface area contributed by atoms with Gasteiger partial charge in [-0.25, -0.2) is 4.99 Å². The van der Waals surface area contributed by atoms with E-state index in [2.05, 4.69) is 53.1 Å². The van der Waals surface area contributed by atoms with Crippen molar-refractivity contribution < 1.29 is 5.11 Å². The Balaban J connectivity index is 1.58. The van der Waals surface area contributed by atoms with Crippen molar-refractivity contribution in [1.82, 2.24) is 5.32 Å². The Bertz CT molecular complexity index is 940. The van der Waals surface area contributed by atoms with Crippen LogP contribution in [0.4, 0.5) is 5.69 Å². The van der Waals surface area contributed by atoms with Crippen molar-refractivity contribution in [2.75, 3.05) is 5.32 Å². The van der Waals surface area contributed by atoms with Gasteiger partial charge in [0.05, 0.1) is 6.54 Å². The van der Waals surface area contributed by atoms with Crippen LogP contribution < -0.4 is 10.6 Å². The van der Waals surface area contributed by atoms with Gasteiger partial charge >= 0.3 is 0 Å². The van der Waals surface area contributed by atoms with Gasteiger partial charge in [-0.2, -0.15) is 0 Å². The van der Waals surface area contributed by atoms with Crippen molar-refractivity contribution in [3.8, 4) is 5.75 Å². The molecule has 0 spiro atoms. The fraction of sp³-hybridized carbons (Fsp3) is 0.261. The second kappa shape index (κ2) is 8.12. The number of phenolic OH excluding ortho intramolecular Hbond substituents is 1. The number of aliphatic imine (C=N–C) groups is 1. The smallest absolute Gasteiger partial charge is 0.196 e. The molecule has 0 saturated heterocycles. The summed E-state index contributed by atoms with van der Waals surface area (Å²) in [6, 6.07) is 22.4. The van der Waals surface area contributed by atoms with Gasteiger partial charge < -0.3 is 15.7 Å². The van der Waals surface area contributed by atoms with Crippen LogP contribution in [0.15, 0.2) is 71.7 Å². The van der Waals surface area contributed by atoms with Crippen LogP contribution in [0.2, 0.25) is 0 Å². The lowest BCUT2D eigenvalue weighted by Gasteiger charge is -2.18. The summed E-state index contributed by atoms with van der Waals surface area (Å²) >= 11 is 0. The van der Waals surface area contributed by atoms with E-state index in [0.717, 1.165) is 11.6 Å². The molecule has 0 bridgehead atoms. The van der Waals surface area contributed by atoms with Gasteiger partial charge in [0.2, 0.25) is 0 Å². The van der Waals surface area contributed by atoms with Gasteiger partial charge in [-0.1, -0.05) is 61.4 Å². The molecule has 3 aromatic rings. The van der Waals surface area contributed by atoms with Crippen LogP contribution in [-0.2, 0) is 6.54 Å². The molecule has 0 unspecified atom stereocenters. The summed E-state index contributed by atoms with van der Waals surface area (Å²) in [4.78, 5) is 4.85. The third-order valence-corrected chi connectivity index (χ3v) is 5.09. The molecule has 1 fully saturated rings. The highest BCUT2D eigenvalue weighted by atomic mass is 16.3. The van der Waals surface area contributed by atoms with Crippen LogP contribution in [0.1, 0.15) is 31.2 Å². The molecule has 0 atom stereocenters. The average molecular weight is 359 g/mol. The van der Waals surface area contributed by atoms with E-state index < -0.39 is 0 Å². The lowest BCUT2D eigenvalue weighted by Crippen LogP contribution is -2.37. The molecule has 1 aliphatic rings. The Morgan fingerprint density at radius 3 is 2.59 bits per heavy atom. The van der Waals surface area contributed by atoms with Crippen molar-refractivity contribution in [3.63, 3.8) is 0 Å². The second-order valence-corrected chi connectivity index (χ2v) is 7.10. The molecule has 138 valence electrons. The summed E-state index contributed by atoms with van der Waals surface area (Å²) in [5, 5.41) is 19.1. The Morgan fingerprint density at radius 2 is 1.74 bits per heavy atom. The summed E-state index contributed by atoms with van der Waals surface area (Å²) in [6.07, 6.45) is 4.88. The van der Waals surface area contributed by atoms with E-state index in [1.54, 1.807) is 12.1 Å². The number of hydrogen-bond acceptors (Lipinski definition) is 2. The molecule has 0 aromatic heterocycles. The van der Waals surface area contributed by atoms with Gasteiger partial charge in [0.25, 0.3) is 0 Å². The molecule has 4 rings (SSSR count). The molecule has 3 aromatic carbocycles. The van der Waals surface area contributed by atoms with Gasteiger partial charge in [-0.3, -0.25) is 0 Å². The molecular weight excluding hydrogens is 334 g/mol. The molecule has 4 heteroatoms. The molecule has 27 heavy (non-hydrogen) atoms. The Labute approximate surface area is 160 Å². The molecule has 1 saturated carbocycles. The van der Waals surface area contributed by atoms with E-state index in [1.165, 1.54) is 42.0 Å². The van der Waals surface area contributed by atoms with E-state index in [-0.39, 0.29) is 5.75 Å². The van der Waals surface area contributed by atoms with E-state index in [9.17, 15) is 5.11 Å². The first-order valence-electron chi connectivity index (χ1n) is 9.61. The van der Waals surface area contributed by atoms with Crippen molar-refractivity contribution in [2.45, 2.75) is 38.3 Å². The lowest BCUT2D eigenvalue weighted by atomic mass is 10.1. The lowest BCUT2D eigenvalue weighted by molar-refractivity contribution is 0.475. The standard InChI is InChI=1S/C23H25N3O/c27-21-13-6-12-20(15-21)26-23(25-19-10-2-3-11-19)24-16-18-9-5-8-17-7-1-4-14-22(17)18/h1,4-9,12-15,19,27H,2-3,10-11,16H2,(H2,24,25,26). The van der Waals surface area contributed by atoms with E-state index in [1.807, 2.05) is 12.1 Å². The number of hydrogen-bond donors (Lipinski definition) is 3. The maximum Gasteiger partial charge on any atom is 0.196 e. The number of guanidine groups is 1. The van der Waals surface area contributed by atoms with Crippen LogP contribution in [0.25, 0.3) is 10.8 Å². The zero-order valence-electron chi connectivity index (χ0n) is 15.4. The summed E-state index contributed by atoms with van der Waals surface area (Å²) in [5.41, 5.74) is 2.04. The number of rotatable bonds is 4. The monoisotopic (exact) mass is 359 g/mol. The number of fused-ring (bicyclic) bond motifs is 1. The largest absolute Gasteiger partial charge is 0.508 e. The highest BCUT2D eigenvalue weighted by Gasteiger charge is 2.16. The van der Waals surface area contributed by atoms with Crippen LogP contribution in [0.3, 0.4) is 0 Å². The quantitative estimate of drug-likeness (QED) is 0.451. The highest BCUT2D eigenvalue weighted by molar-refractivity contribution is 5.94. The number of nitrogens with zero attached hydrogens (tertiary/aromatic N) is 1. The topological polar surface area (TPSA) is 56.6 Å². The second-order valence-electron chi connectivity index (χ2n) is 7.10. The maximum absolute atomic E-state index is 9.74. The predicted molar refractivity (Wildman–Crippen MR) is 112 cm³/mol. The minimum absolute atomic E-state index is 0.245. The first kappa shape index (κ1) is 17.4. The van der Waals surface area contributed by atoms with Crippen LogP contribution in [0.5, 0.6) is 5.75 Å². The van der Waals surface area contributed by atoms with Crippen molar-refractivity contribution in [1.29, 1.82) is 0 Å². The summed E-state index contributed by atoms with van der Waals surface area (Å²) in [7, 11) is 0. The molecule has 3 N–H and O–H groups in total. The average Bonchev–Trinajstić information content (AvgIpc) is 3.19. The Kier molecular flexibility index (Phi) is 5.24. The summed E-state index contributed by atoms with van der Waals surface area (Å²) in [6.45, 7) is 0.599. The summed E-state index contributed by atoms with van der Waals surface area (Å²) in [5.74, 6) is 1.01. The van der Waals surface area contributed by atoms with Gasteiger partial charge in [-0.05, 0) is 41.3 Å². The normalized spacial score (nSPS) is 15.2. The minimum Gasteiger partial charge on any atom is -0.508 e. The highest BCUT2D eigenvalue weighted by Crippen LogP contribution is 2.21. The Hall–Kier alpha value is -3.01. The first-order valence-corrected chi connectivity index (χ1v) is 9.61. The van der Waals surface area contributed by atoms with Crippen molar-refractivity contribution in [3.05, 3.63) is 72.3 Å². The molecule has 1 aliphatic carbocycles. The fourth-order valence-corrected chi connectivity index (χ4v) is 3.70. The van der Waals surface area contributed by atoms with E-state index in [0.29, 0.717) is 12.6 Å². The van der Waals surface area contributed by atoms with Gasteiger partial charge in [0.1, 0.15) is 5.75 Å². The molecule has 4 nitrogen and oxygen atoms in total. The van der Waals surface area contributed by atoms with Gasteiger partial charge in [0, 0.05) is 17.8 Å². The molecular formula is C23H25N3O. The molecule has 0 aliphatic heterocycles. The molecule has 0 radical (unpaired) electrons. The number of nitrogens with one attached hydrogen (secondary N) is 2. The van der Waals surface area contributed by atoms with Crippen LogP contribution in [-0.4, -0.2) is 17.1 Å². The zero-order valence-corrected chi connectivity index (χ0v) is 15.4. The maximum atomic E-state index is 9.74. The van der Waals surface area contributed by atoms with Crippen molar-refractivity contribution >= 4 is 22.4 Å². The van der Waals surface area contributed by atoms with Crippen LogP contribution >= 0.6 is 0 Å². The number of aromatic hydroxyl groups is 1. The number of benzene rings is 3. The van der Waals surface area contributed by atoms with Gasteiger partial charge in [0.15, 0.2) is 5.96 Å². The van der Waals surface area contributed by atoms with Gasteiger partial charge in [-0.15, -0.1) is 0 Å².